The van der Waals surface area contributed by atoms with Crippen molar-refractivity contribution >= 4 is 28.5 Å². The van der Waals surface area contributed by atoms with Gasteiger partial charge in [0.25, 0.3) is 5.91 Å². The Morgan fingerprint density at radius 3 is 3.00 bits per heavy atom. The quantitative estimate of drug-likeness (QED) is 0.791. The van der Waals surface area contributed by atoms with Crippen LogP contribution in [-0.2, 0) is 0 Å². The van der Waals surface area contributed by atoms with E-state index in [1.54, 1.807) is 0 Å². The van der Waals surface area contributed by atoms with Crippen LogP contribution in [0.3, 0.4) is 0 Å². The first-order chi connectivity index (χ1) is 8.09. The summed E-state index contributed by atoms with van der Waals surface area (Å²) in [5, 5.41) is 3.30. The van der Waals surface area contributed by atoms with E-state index >= 15 is 0 Å². The zero-order valence-corrected chi connectivity index (χ0v) is 12.3. The van der Waals surface area contributed by atoms with Crippen LogP contribution in [0.5, 0.6) is 0 Å². The summed E-state index contributed by atoms with van der Waals surface area (Å²) in [6.45, 7) is 6.68. The second-order valence-corrected chi connectivity index (χ2v) is 5.70. The predicted molar refractivity (Wildman–Crippen MR) is 77.3 cm³/mol. The van der Waals surface area contributed by atoms with E-state index < -0.39 is 0 Å². The highest BCUT2D eigenvalue weighted by Crippen LogP contribution is 2.18. The van der Waals surface area contributed by atoms with Gasteiger partial charge in [-0.2, -0.15) is 0 Å². The van der Waals surface area contributed by atoms with Crippen molar-refractivity contribution in [3.63, 3.8) is 0 Å². The lowest BCUT2D eigenvalue weighted by molar-refractivity contribution is 0.0654. The van der Waals surface area contributed by atoms with Crippen molar-refractivity contribution in [2.75, 3.05) is 19.6 Å². The molecule has 1 aromatic rings. The molecular weight excluding hydrogens is 327 g/mol. The molecule has 1 atom stereocenters. The second kappa shape index (κ2) is 5.35. The molecule has 0 saturated carbocycles. The van der Waals surface area contributed by atoms with Gasteiger partial charge < -0.3 is 10.2 Å². The SMILES string of the molecule is Cc1ccc(I)c(C(=O)N2CCNC[C@H]2C)c1. The van der Waals surface area contributed by atoms with Gasteiger partial charge in [-0.25, -0.2) is 0 Å². The fourth-order valence-electron chi connectivity index (χ4n) is 2.10. The number of benzene rings is 1. The zero-order chi connectivity index (χ0) is 12.4. The number of hydrogen-bond donors (Lipinski definition) is 1. The van der Waals surface area contributed by atoms with Crippen LogP contribution in [0.4, 0.5) is 0 Å². The molecule has 1 aliphatic heterocycles. The summed E-state index contributed by atoms with van der Waals surface area (Å²) in [6, 6.07) is 6.31. The Morgan fingerprint density at radius 2 is 2.29 bits per heavy atom. The van der Waals surface area contributed by atoms with Gasteiger partial charge in [-0.05, 0) is 48.6 Å². The van der Waals surface area contributed by atoms with Crippen LogP contribution in [0.15, 0.2) is 18.2 Å². The predicted octanol–water partition coefficient (Wildman–Crippen LogP) is 2.03. The Kier molecular flexibility index (Phi) is 4.04. The standard InChI is InChI=1S/C13H17IN2O/c1-9-3-4-12(14)11(7-9)13(17)16-6-5-15-8-10(16)2/h3-4,7,10,15H,5-6,8H2,1-2H3/t10-/m1/s1. The summed E-state index contributed by atoms with van der Waals surface area (Å²) in [6.07, 6.45) is 0. The van der Waals surface area contributed by atoms with Gasteiger partial charge in [-0.1, -0.05) is 11.6 Å². The molecule has 1 heterocycles. The van der Waals surface area contributed by atoms with Gasteiger partial charge in [0, 0.05) is 29.2 Å². The lowest BCUT2D eigenvalue weighted by Gasteiger charge is -2.34. The van der Waals surface area contributed by atoms with E-state index in [1.807, 2.05) is 30.0 Å². The van der Waals surface area contributed by atoms with Crippen molar-refractivity contribution in [1.29, 1.82) is 0 Å². The molecule has 3 nitrogen and oxygen atoms in total. The van der Waals surface area contributed by atoms with Crippen molar-refractivity contribution in [3.05, 3.63) is 32.9 Å². The number of amides is 1. The van der Waals surface area contributed by atoms with Crippen LogP contribution < -0.4 is 5.32 Å². The Bertz CT molecular complexity index is 433. The molecule has 1 fully saturated rings. The molecule has 2 rings (SSSR count). The number of nitrogens with one attached hydrogen (secondary N) is 1. The van der Waals surface area contributed by atoms with Crippen LogP contribution in [0.1, 0.15) is 22.8 Å². The first-order valence-corrected chi connectivity index (χ1v) is 6.95. The number of rotatable bonds is 1. The molecule has 0 aromatic heterocycles. The third-order valence-corrected chi connectivity index (χ3v) is 4.06. The summed E-state index contributed by atoms with van der Waals surface area (Å²) in [5.41, 5.74) is 1.97. The molecular formula is C13H17IN2O. The van der Waals surface area contributed by atoms with Gasteiger partial charge in [0.2, 0.25) is 0 Å². The molecule has 92 valence electrons. The van der Waals surface area contributed by atoms with Gasteiger partial charge >= 0.3 is 0 Å². The monoisotopic (exact) mass is 344 g/mol. The highest BCUT2D eigenvalue weighted by Gasteiger charge is 2.25. The molecule has 1 aliphatic rings. The number of carbonyl (C=O) groups excluding carboxylic acids is 1. The molecule has 0 bridgehead atoms. The van der Waals surface area contributed by atoms with Crippen molar-refractivity contribution in [2.24, 2.45) is 0 Å². The average molecular weight is 344 g/mol. The topological polar surface area (TPSA) is 32.3 Å². The molecule has 4 heteroatoms. The molecule has 1 saturated heterocycles. The molecule has 0 unspecified atom stereocenters. The van der Waals surface area contributed by atoms with Gasteiger partial charge in [0.05, 0.1) is 5.56 Å². The fraction of sp³-hybridized carbons (Fsp3) is 0.462. The van der Waals surface area contributed by atoms with Gasteiger partial charge in [0.1, 0.15) is 0 Å². The van der Waals surface area contributed by atoms with E-state index in [0.717, 1.165) is 34.3 Å². The van der Waals surface area contributed by atoms with Crippen LogP contribution in [0.2, 0.25) is 0 Å². The minimum absolute atomic E-state index is 0.159. The lowest BCUT2D eigenvalue weighted by Crippen LogP contribution is -2.52. The zero-order valence-electron chi connectivity index (χ0n) is 10.2. The minimum Gasteiger partial charge on any atom is -0.333 e. The number of aryl methyl sites for hydroxylation is 1. The first kappa shape index (κ1) is 12.8. The van der Waals surface area contributed by atoms with Crippen molar-refractivity contribution in [1.82, 2.24) is 10.2 Å². The van der Waals surface area contributed by atoms with E-state index in [0.29, 0.717) is 0 Å². The average Bonchev–Trinajstić information content (AvgIpc) is 2.32. The number of carbonyl (C=O) groups is 1. The fourth-order valence-corrected chi connectivity index (χ4v) is 2.67. The number of piperazine rings is 1. The normalized spacial score (nSPS) is 20.4. The van der Waals surface area contributed by atoms with Gasteiger partial charge in [0.15, 0.2) is 0 Å². The van der Waals surface area contributed by atoms with Crippen LogP contribution in [0.25, 0.3) is 0 Å². The third-order valence-electron chi connectivity index (χ3n) is 3.11. The van der Waals surface area contributed by atoms with E-state index in [2.05, 4.69) is 34.8 Å². The van der Waals surface area contributed by atoms with E-state index in [4.69, 9.17) is 0 Å². The Morgan fingerprint density at radius 1 is 1.53 bits per heavy atom. The van der Waals surface area contributed by atoms with Crippen LogP contribution in [0, 0.1) is 10.5 Å². The first-order valence-electron chi connectivity index (χ1n) is 5.87. The van der Waals surface area contributed by atoms with Crippen LogP contribution in [-0.4, -0.2) is 36.5 Å². The minimum atomic E-state index is 0.159. The molecule has 0 spiro atoms. The molecule has 0 radical (unpaired) electrons. The largest absolute Gasteiger partial charge is 0.333 e. The highest BCUT2D eigenvalue weighted by molar-refractivity contribution is 14.1. The van der Waals surface area contributed by atoms with E-state index in [1.165, 1.54) is 0 Å². The maximum atomic E-state index is 12.5. The summed E-state index contributed by atoms with van der Waals surface area (Å²) in [7, 11) is 0. The summed E-state index contributed by atoms with van der Waals surface area (Å²) < 4.78 is 1.03. The van der Waals surface area contributed by atoms with Crippen molar-refractivity contribution < 1.29 is 4.79 Å². The van der Waals surface area contributed by atoms with Crippen LogP contribution >= 0.6 is 22.6 Å². The summed E-state index contributed by atoms with van der Waals surface area (Å²) in [4.78, 5) is 14.4. The van der Waals surface area contributed by atoms with E-state index in [9.17, 15) is 4.79 Å². The van der Waals surface area contributed by atoms with E-state index in [-0.39, 0.29) is 11.9 Å². The highest BCUT2D eigenvalue weighted by atomic mass is 127. The third kappa shape index (κ3) is 2.80. The Hall–Kier alpha value is -0.620. The summed E-state index contributed by atoms with van der Waals surface area (Å²) >= 11 is 2.23. The summed E-state index contributed by atoms with van der Waals surface area (Å²) in [5.74, 6) is 0.159. The van der Waals surface area contributed by atoms with Crippen molar-refractivity contribution in [3.8, 4) is 0 Å². The number of nitrogens with zero attached hydrogens (tertiary/aromatic N) is 1. The molecule has 0 aliphatic carbocycles. The molecule has 1 aromatic carbocycles. The second-order valence-electron chi connectivity index (χ2n) is 4.53. The Balaban J connectivity index is 2.26. The molecule has 1 N–H and O–H groups in total. The lowest BCUT2D eigenvalue weighted by atomic mass is 10.1. The van der Waals surface area contributed by atoms with Gasteiger partial charge in [-0.15, -0.1) is 0 Å². The Labute approximate surface area is 116 Å². The molecule has 1 amide bonds. The van der Waals surface area contributed by atoms with Gasteiger partial charge in [-0.3, -0.25) is 4.79 Å². The number of hydrogen-bond acceptors (Lipinski definition) is 2. The molecule has 17 heavy (non-hydrogen) atoms. The smallest absolute Gasteiger partial charge is 0.255 e. The number of halogens is 1. The maximum Gasteiger partial charge on any atom is 0.255 e. The maximum absolute atomic E-state index is 12.5. The van der Waals surface area contributed by atoms with Crippen molar-refractivity contribution in [2.45, 2.75) is 19.9 Å².